The number of pyridine rings is 1. The molecule has 0 bridgehead atoms. The van der Waals surface area contributed by atoms with Gasteiger partial charge in [-0.3, -0.25) is 0 Å². The van der Waals surface area contributed by atoms with Crippen LogP contribution in [0.3, 0.4) is 0 Å². The van der Waals surface area contributed by atoms with E-state index in [4.69, 9.17) is 0 Å². The third kappa shape index (κ3) is 5.09. The SMILES string of the molecule is CN1CCN(c2ccc(-c3nc(-c4cnn5ccccc45)nc(NC4CCCN(C(=O)O)C4)c3F)cc2)CC1. The maximum absolute atomic E-state index is 16.0. The first kappa shape index (κ1) is 25.1. The molecular weight excluding hydrogens is 499 g/mol. The fourth-order valence-electron chi connectivity index (χ4n) is 5.32. The van der Waals surface area contributed by atoms with Gasteiger partial charge in [-0.1, -0.05) is 18.2 Å². The topological polar surface area (TPSA) is 102 Å². The van der Waals surface area contributed by atoms with Gasteiger partial charge < -0.3 is 25.1 Å². The normalized spacial score (nSPS) is 18.5. The number of hydrogen-bond acceptors (Lipinski definition) is 7. The molecule has 0 aliphatic carbocycles. The Balaban J connectivity index is 1.38. The van der Waals surface area contributed by atoms with Gasteiger partial charge in [0.15, 0.2) is 17.5 Å². The quantitative estimate of drug-likeness (QED) is 0.401. The Hall–Kier alpha value is -4.25. The van der Waals surface area contributed by atoms with Crippen LogP contribution in [-0.2, 0) is 0 Å². The van der Waals surface area contributed by atoms with Crippen LogP contribution in [0.5, 0.6) is 0 Å². The molecule has 3 aromatic heterocycles. The molecule has 0 spiro atoms. The van der Waals surface area contributed by atoms with E-state index in [9.17, 15) is 9.90 Å². The van der Waals surface area contributed by atoms with Crippen LogP contribution in [-0.4, -0.2) is 92.9 Å². The average molecular weight is 531 g/mol. The molecular formula is C28H31FN8O2. The Morgan fingerprint density at radius 3 is 2.62 bits per heavy atom. The molecule has 1 aromatic carbocycles. The Morgan fingerprint density at radius 1 is 1.05 bits per heavy atom. The highest BCUT2D eigenvalue weighted by atomic mass is 19.1. The summed E-state index contributed by atoms with van der Waals surface area (Å²) in [5.41, 5.74) is 3.42. The minimum absolute atomic E-state index is 0.0608. The molecule has 1 unspecified atom stereocenters. The van der Waals surface area contributed by atoms with Gasteiger partial charge >= 0.3 is 6.09 Å². The minimum atomic E-state index is -0.974. The summed E-state index contributed by atoms with van der Waals surface area (Å²) in [4.78, 5) is 26.8. The zero-order valence-electron chi connectivity index (χ0n) is 21.8. The first-order chi connectivity index (χ1) is 19.0. The lowest BCUT2D eigenvalue weighted by atomic mass is 10.1. The number of rotatable bonds is 5. The van der Waals surface area contributed by atoms with E-state index < -0.39 is 11.9 Å². The molecule has 4 aromatic rings. The Morgan fingerprint density at radius 2 is 1.85 bits per heavy atom. The van der Waals surface area contributed by atoms with Crippen LogP contribution in [0.2, 0.25) is 0 Å². The predicted molar refractivity (Wildman–Crippen MR) is 148 cm³/mol. The largest absolute Gasteiger partial charge is 0.465 e. The molecule has 6 rings (SSSR count). The van der Waals surface area contributed by atoms with Gasteiger partial charge in [0.1, 0.15) is 5.69 Å². The number of anilines is 2. The zero-order valence-corrected chi connectivity index (χ0v) is 21.8. The lowest BCUT2D eigenvalue weighted by Crippen LogP contribution is -2.44. The number of benzene rings is 1. The third-order valence-electron chi connectivity index (χ3n) is 7.56. The van der Waals surface area contributed by atoms with Crippen LogP contribution in [0.4, 0.5) is 20.7 Å². The van der Waals surface area contributed by atoms with E-state index in [0.29, 0.717) is 36.3 Å². The van der Waals surface area contributed by atoms with E-state index in [1.54, 1.807) is 10.7 Å². The van der Waals surface area contributed by atoms with Crippen LogP contribution in [0, 0.1) is 5.82 Å². The van der Waals surface area contributed by atoms with Crippen molar-refractivity contribution in [2.75, 3.05) is 56.5 Å². The average Bonchev–Trinajstić information content (AvgIpc) is 3.39. The van der Waals surface area contributed by atoms with Crippen molar-refractivity contribution in [3.63, 3.8) is 0 Å². The van der Waals surface area contributed by atoms with Crippen molar-refractivity contribution in [2.45, 2.75) is 18.9 Å². The Bertz CT molecular complexity index is 1480. The van der Waals surface area contributed by atoms with E-state index in [2.05, 4.69) is 37.2 Å². The van der Waals surface area contributed by atoms with E-state index >= 15 is 4.39 Å². The number of likely N-dealkylation sites (tertiary alicyclic amines) is 1. The number of carbonyl (C=O) groups is 1. The summed E-state index contributed by atoms with van der Waals surface area (Å²) in [6.07, 6.45) is 3.95. The summed E-state index contributed by atoms with van der Waals surface area (Å²) in [6, 6.07) is 13.3. The molecule has 0 radical (unpaired) electrons. The Kier molecular flexibility index (Phi) is 6.74. The smallest absolute Gasteiger partial charge is 0.407 e. The fraction of sp³-hybridized carbons (Fsp3) is 0.357. The third-order valence-corrected chi connectivity index (χ3v) is 7.56. The number of halogens is 1. The standard InChI is InChI=1S/C28H31FN8O2/c1-34-13-15-35(16-14-34)21-9-7-19(8-10-21)25-24(29)27(31-20-5-4-11-36(18-20)28(38)39)33-26(32-25)22-17-30-37-12-3-2-6-23(22)37/h2-3,6-10,12,17,20H,4-5,11,13-16,18H2,1H3,(H,38,39)(H,31,32,33). The van der Waals surface area contributed by atoms with Crippen LogP contribution < -0.4 is 10.2 Å². The zero-order chi connectivity index (χ0) is 26.9. The van der Waals surface area contributed by atoms with Crippen LogP contribution >= 0.6 is 0 Å². The van der Waals surface area contributed by atoms with Gasteiger partial charge in [0.05, 0.1) is 17.3 Å². The van der Waals surface area contributed by atoms with Crippen LogP contribution in [0.25, 0.3) is 28.2 Å². The maximum Gasteiger partial charge on any atom is 0.407 e. The van der Waals surface area contributed by atoms with Crippen molar-refractivity contribution in [2.24, 2.45) is 0 Å². The van der Waals surface area contributed by atoms with E-state index in [-0.39, 0.29) is 24.1 Å². The number of piperazine rings is 1. The highest BCUT2D eigenvalue weighted by Crippen LogP contribution is 2.32. The van der Waals surface area contributed by atoms with E-state index in [1.807, 2.05) is 48.7 Å². The molecule has 1 amide bonds. The van der Waals surface area contributed by atoms with Crippen molar-refractivity contribution in [3.8, 4) is 22.6 Å². The fourth-order valence-corrected chi connectivity index (χ4v) is 5.32. The molecule has 11 heteroatoms. The van der Waals surface area contributed by atoms with Crippen molar-refractivity contribution in [1.29, 1.82) is 0 Å². The molecule has 1 atom stereocenters. The Labute approximate surface area is 225 Å². The summed E-state index contributed by atoms with van der Waals surface area (Å²) in [6.45, 7) is 4.62. The number of piperidine rings is 1. The number of hydrogen-bond donors (Lipinski definition) is 2. The number of amides is 1. The summed E-state index contributed by atoms with van der Waals surface area (Å²) < 4.78 is 17.8. The first-order valence-electron chi connectivity index (χ1n) is 13.2. The van der Waals surface area contributed by atoms with E-state index in [0.717, 1.165) is 37.4 Å². The van der Waals surface area contributed by atoms with Gasteiger partial charge in [-0.25, -0.2) is 23.7 Å². The minimum Gasteiger partial charge on any atom is -0.465 e. The molecule has 2 aliphatic rings. The molecule has 202 valence electrons. The summed E-state index contributed by atoms with van der Waals surface area (Å²) >= 11 is 0. The van der Waals surface area contributed by atoms with E-state index in [1.165, 1.54) is 4.90 Å². The number of nitrogens with one attached hydrogen (secondary N) is 1. The summed E-state index contributed by atoms with van der Waals surface area (Å²) in [5.74, 6) is -0.148. The number of likely N-dealkylation sites (N-methyl/N-ethyl adjacent to an activating group) is 1. The number of fused-ring (bicyclic) bond motifs is 1. The molecule has 39 heavy (non-hydrogen) atoms. The number of nitrogens with zero attached hydrogens (tertiary/aromatic N) is 7. The predicted octanol–water partition coefficient (Wildman–Crippen LogP) is 3.90. The molecule has 10 nitrogen and oxygen atoms in total. The van der Waals surface area contributed by atoms with Gasteiger partial charge in [-0.05, 0) is 44.2 Å². The van der Waals surface area contributed by atoms with Crippen molar-refractivity contribution >= 4 is 23.1 Å². The molecule has 0 saturated carbocycles. The van der Waals surface area contributed by atoms with Gasteiger partial charge in [0.25, 0.3) is 0 Å². The van der Waals surface area contributed by atoms with Gasteiger partial charge in [0, 0.05) is 62.8 Å². The second-order valence-electron chi connectivity index (χ2n) is 10.2. The van der Waals surface area contributed by atoms with Crippen molar-refractivity contribution < 1.29 is 14.3 Å². The van der Waals surface area contributed by atoms with Crippen molar-refractivity contribution in [3.05, 3.63) is 60.7 Å². The molecule has 5 heterocycles. The molecule has 2 aliphatic heterocycles. The summed E-state index contributed by atoms with van der Waals surface area (Å²) in [7, 11) is 2.12. The lowest BCUT2D eigenvalue weighted by molar-refractivity contribution is 0.132. The first-order valence-corrected chi connectivity index (χ1v) is 13.2. The molecule has 2 N–H and O–H groups in total. The van der Waals surface area contributed by atoms with Crippen LogP contribution in [0.1, 0.15) is 12.8 Å². The second-order valence-corrected chi connectivity index (χ2v) is 10.2. The monoisotopic (exact) mass is 530 g/mol. The van der Waals surface area contributed by atoms with Crippen LogP contribution in [0.15, 0.2) is 54.9 Å². The second kappa shape index (κ2) is 10.5. The van der Waals surface area contributed by atoms with Gasteiger partial charge in [-0.2, -0.15) is 5.10 Å². The summed E-state index contributed by atoms with van der Waals surface area (Å²) in [5, 5.41) is 17.0. The maximum atomic E-state index is 16.0. The molecule has 2 fully saturated rings. The van der Waals surface area contributed by atoms with Gasteiger partial charge in [-0.15, -0.1) is 0 Å². The number of carboxylic acid groups (broad SMARTS) is 1. The highest BCUT2D eigenvalue weighted by Gasteiger charge is 2.26. The lowest BCUT2D eigenvalue weighted by Gasteiger charge is -2.34. The van der Waals surface area contributed by atoms with Gasteiger partial charge in [0.2, 0.25) is 0 Å². The highest BCUT2D eigenvalue weighted by molar-refractivity contribution is 5.78. The molecule has 2 saturated heterocycles. The van der Waals surface area contributed by atoms with Crippen molar-refractivity contribution in [1.82, 2.24) is 29.4 Å². The number of aromatic nitrogens is 4.